The highest BCUT2D eigenvalue weighted by atomic mass is 16.5. The maximum absolute atomic E-state index is 12.9. The van der Waals surface area contributed by atoms with Gasteiger partial charge in [-0.15, -0.1) is 13.2 Å². The van der Waals surface area contributed by atoms with Crippen LogP contribution in [0.1, 0.15) is 34.5 Å². The lowest BCUT2D eigenvalue weighted by molar-refractivity contribution is -0.133. The number of hydrogen-bond donors (Lipinski definition) is 0. The highest BCUT2D eigenvalue weighted by molar-refractivity contribution is 6.05. The van der Waals surface area contributed by atoms with Crippen LogP contribution in [-0.2, 0) is 22.4 Å². The largest absolute Gasteiger partial charge is 0.452 e. The predicted octanol–water partition coefficient (Wildman–Crippen LogP) is 3.47. The molecular weight excluding hydrogens is 340 g/mol. The molecule has 1 amide bonds. The lowest BCUT2D eigenvalue weighted by Crippen LogP contribution is -2.35. The van der Waals surface area contributed by atoms with Crippen LogP contribution in [0.5, 0.6) is 0 Å². The molecule has 5 nitrogen and oxygen atoms in total. The summed E-state index contributed by atoms with van der Waals surface area (Å²) < 4.78 is 5.41. The van der Waals surface area contributed by atoms with E-state index in [0.29, 0.717) is 18.7 Å². The van der Waals surface area contributed by atoms with Crippen LogP contribution in [-0.4, -0.2) is 41.5 Å². The molecule has 0 unspecified atom stereocenters. The smallest absolute Gasteiger partial charge is 0.339 e. The number of para-hydroxylation sites is 1. The molecule has 2 aromatic rings. The standard InChI is InChI=1S/C22H24N2O3/c1-3-13-24(14-4-2)20(25)15-27-22(26)21-16-9-5-7-11-18(16)23-19-12-8-6-10-17(19)21/h3-5,7,9,11H,1-2,6,8,10,12-15H2. The Kier molecular flexibility index (Phi) is 6.01. The number of aryl methyl sites for hydroxylation is 1. The first kappa shape index (κ1) is 18.8. The summed E-state index contributed by atoms with van der Waals surface area (Å²) in [5, 5.41) is 0.782. The first-order chi connectivity index (χ1) is 13.2. The average molecular weight is 364 g/mol. The molecule has 1 heterocycles. The molecule has 140 valence electrons. The van der Waals surface area contributed by atoms with Crippen LogP contribution in [0.3, 0.4) is 0 Å². The van der Waals surface area contributed by atoms with Crippen molar-refractivity contribution < 1.29 is 14.3 Å². The van der Waals surface area contributed by atoms with Gasteiger partial charge in [0.05, 0.1) is 11.1 Å². The van der Waals surface area contributed by atoms with Crippen LogP contribution in [0, 0.1) is 0 Å². The number of amides is 1. The van der Waals surface area contributed by atoms with Crippen LogP contribution >= 0.6 is 0 Å². The van der Waals surface area contributed by atoms with Gasteiger partial charge in [-0.05, 0) is 37.3 Å². The third-order valence-corrected chi connectivity index (χ3v) is 4.75. The summed E-state index contributed by atoms with van der Waals surface area (Å²) in [6, 6.07) is 7.59. The Morgan fingerprint density at radius 2 is 1.81 bits per heavy atom. The highest BCUT2D eigenvalue weighted by Crippen LogP contribution is 2.29. The normalized spacial score (nSPS) is 12.9. The van der Waals surface area contributed by atoms with E-state index >= 15 is 0 Å². The van der Waals surface area contributed by atoms with Crippen LogP contribution in [0.25, 0.3) is 10.9 Å². The van der Waals surface area contributed by atoms with Gasteiger partial charge in [0.2, 0.25) is 0 Å². The fraction of sp³-hybridized carbons (Fsp3) is 0.318. The fourth-order valence-corrected chi connectivity index (χ4v) is 3.49. The number of aromatic nitrogens is 1. The van der Waals surface area contributed by atoms with Crippen LogP contribution < -0.4 is 0 Å². The Labute approximate surface area is 159 Å². The number of carbonyl (C=O) groups excluding carboxylic acids is 2. The van der Waals surface area contributed by atoms with Crippen molar-refractivity contribution in [2.24, 2.45) is 0 Å². The summed E-state index contributed by atoms with van der Waals surface area (Å²) in [4.78, 5) is 31.5. The van der Waals surface area contributed by atoms with Crippen molar-refractivity contribution in [1.82, 2.24) is 9.88 Å². The Balaban J connectivity index is 1.86. The van der Waals surface area contributed by atoms with Crippen molar-refractivity contribution >= 4 is 22.8 Å². The van der Waals surface area contributed by atoms with Crippen LogP contribution in [0.15, 0.2) is 49.6 Å². The molecule has 0 bridgehead atoms. The molecule has 1 aromatic carbocycles. The third-order valence-electron chi connectivity index (χ3n) is 4.75. The van der Waals surface area contributed by atoms with E-state index in [1.54, 1.807) is 12.2 Å². The number of rotatable bonds is 7. The number of carbonyl (C=O) groups is 2. The summed E-state index contributed by atoms with van der Waals surface area (Å²) in [6.45, 7) is 7.76. The molecule has 1 aliphatic carbocycles. The number of benzene rings is 1. The minimum absolute atomic E-state index is 0.268. The molecule has 1 aromatic heterocycles. The molecule has 0 N–H and O–H groups in total. The van der Waals surface area contributed by atoms with Crippen LogP contribution in [0.4, 0.5) is 0 Å². The lowest BCUT2D eigenvalue weighted by Gasteiger charge is -2.21. The van der Waals surface area contributed by atoms with E-state index < -0.39 is 5.97 Å². The second kappa shape index (κ2) is 8.62. The molecule has 0 aliphatic heterocycles. The molecule has 5 heteroatoms. The highest BCUT2D eigenvalue weighted by Gasteiger charge is 2.24. The van der Waals surface area contributed by atoms with Crippen LogP contribution in [0.2, 0.25) is 0 Å². The number of ether oxygens (including phenoxy) is 1. The van der Waals surface area contributed by atoms with E-state index in [4.69, 9.17) is 9.72 Å². The molecule has 0 fully saturated rings. The van der Waals surface area contributed by atoms with E-state index in [9.17, 15) is 9.59 Å². The quantitative estimate of drug-likeness (QED) is 0.558. The SMILES string of the molecule is C=CCN(CC=C)C(=O)COC(=O)c1c2c(nc3ccccc13)CCCC2. The topological polar surface area (TPSA) is 59.5 Å². The number of hydrogen-bond acceptors (Lipinski definition) is 4. The van der Waals surface area contributed by atoms with Crippen molar-refractivity contribution in [3.63, 3.8) is 0 Å². The molecule has 0 atom stereocenters. The van der Waals surface area contributed by atoms with E-state index in [2.05, 4.69) is 13.2 Å². The number of nitrogens with zero attached hydrogens (tertiary/aromatic N) is 2. The first-order valence-electron chi connectivity index (χ1n) is 9.23. The molecule has 0 radical (unpaired) electrons. The summed E-state index contributed by atoms with van der Waals surface area (Å²) in [5.41, 5.74) is 3.28. The summed E-state index contributed by atoms with van der Waals surface area (Å²) >= 11 is 0. The maximum Gasteiger partial charge on any atom is 0.339 e. The second-order valence-electron chi connectivity index (χ2n) is 6.59. The summed E-state index contributed by atoms with van der Waals surface area (Å²) in [7, 11) is 0. The van der Waals surface area contributed by atoms with Crippen molar-refractivity contribution in [2.45, 2.75) is 25.7 Å². The van der Waals surface area contributed by atoms with Gasteiger partial charge < -0.3 is 9.64 Å². The first-order valence-corrected chi connectivity index (χ1v) is 9.23. The maximum atomic E-state index is 12.9. The number of fused-ring (bicyclic) bond motifs is 2. The molecule has 1 aliphatic rings. The zero-order chi connectivity index (χ0) is 19.2. The van der Waals surface area contributed by atoms with E-state index in [-0.39, 0.29) is 12.5 Å². The monoisotopic (exact) mass is 364 g/mol. The minimum atomic E-state index is -0.461. The Morgan fingerprint density at radius 1 is 1.11 bits per heavy atom. The molecular formula is C22H24N2O3. The molecule has 27 heavy (non-hydrogen) atoms. The van der Waals surface area contributed by atoms with E-state index in [1.807, 2.05) is 24.3 Å². The van der Waals surface area contributed by atoms with Gasteiger partial charge in [0.15, 0.2) is 6.61 Å². The Morgan fingerprint density at radius 3 is 2.56 bits per heavy atom. The minimum Gasteiger partial charge on any atom is -0.452 e. The van der Waals surface area contributed by atoms with Crippen molar-refractivity contribution in [3.8, 4) is 0 Å². The zero-order valence-electron chi connectivity index (χ0n) is 15.4. The van der Waals surface area contributed by atoms with Gasteiger partial charge in [-0.1, -0.05) is 30.4 Å². The van der Waals surface area contributed by atoms with Gasteiger partial charge in [-0.2, -0.15) is 0 Å². The Hall–Kier alpha value is -2.95. The van der Waals surface area contributed by atoms with Gasteiger partial charge >= 0.3 is 5.97 Å². The summed E-state index contributed by atoms with van der Waals surface area (Å²) in [6.07, 6.45) is 7.05. The van der Waals surface area contributed by atoms with Crippen molar-refractivity contribution in [3.05, 3.63) is 66.4 Å². The lowest BCUT2D eigenvalue weighted by atomic mass is 9.90. The number of esters is 1. The van der Waals surface area contributed by atoms with Crippen molar-refractivity contribution in [2.75, 3.05) is 19.7 Å². The molecule has 0 spiro atoms. The molecule has 0 saturated heterocycles. The van der Waals surface area contributed by atoms with Gasteiger partial charge in [-0.25, -0.2) is 4.79 Å². The van der Waals surface area contributed by atoms with Gasteiger partial charge in [0, 0.05) is 24.2 Å². The van der Waals surface area contributed by atoms with E-state index in [1.165, 1.54) is 4.90 Å². The Bertz CT molecular complexity index is 879. The predicted molar refractivity (Wildman–Crippen MR) is 106 cm³/mol. The molecule has 0 saturated carbocycles. The molecule has 3 rings (SSSR count). The summed E-state index contributed by atoms with van der Waals surface area (Å²) in [5.74, 6) is -0.729. The van der Waals surface area contributed by atoms with Gasteiger partial charge in [0.1, 0.15) is 0 Å². The van der Waals surface area contributed by atoms with Gasteiger partial charge in [-0.3, -0.25) is 9.78 Å². The van der Waals surface area contributed by atoms with Crippen molar-refractivity contribution in [1.29, 1.82) is 0 Å². The van der Waals surface area contributed by atoms with Gasteiger partial charge in [0.25, 0.3) is 5.91 Å². The fourth-order valence-electron chi connectivity index (χ4n) is 3.49. The number of pyridine rings is 1. The average Bonchev–Trinajstić information content (AvgIpc) is 2.69. The zero-order valence-corrected chi connectivity index (χ0v) is 15.4. The van der Waals surface area contributed by atoms with E-state index in [0.717, 1.165) is 47.8 Å². The third kappa shape index (κ3) is 4.08. The second-order valence-corrected chi connectivity index (χ2v) is 6.59.